The van der Waals surface area contributed by atoms with E-state index in [1.807, 2.05) is 23.5 Å². The largest absolute Gasteiger partial charge is 0.378 e. The smallest absolute Gasteiger partial charge is 0.104 e. The number of epoxide rings is 4. The second-order valence-corrected chi connectivity index (χ2v) is 10.7. The molecule has 0 aromatic rings. The van der Waals surface area contributed by atoms with Crippen LogP contribution in [-0.2, 0) is 37.9 Å². The third kappa shape index (κ3) is 11.3. The first-order chi connectivity index (χ1) is 14.8. The molecule has 4 heterocycles. The Bertz CT molecular complexity index is 454. The van der Waals surface area contributed by atoms with Gasteiger partial charge in [-0.15, -0.1) is 0 Å². The minimum Gasteiger partial charge on any atom is -0.378 e. The van der Waals surface area contributed by atoms with E-state index in [-0.39, 0.29) is 0 Å². The molecule has 4 rings (SSSR count). The molecule has 30 heavy (non-hydrogen) atoms. The van der Waals surface area contributed by atoms with Gasteiger partial charge in [-0.2, -0.15) is 23.5 Å². The standard InChI is InChI=1S/C20H34O8S2/c1(21-3-15-7-25-15)2-29-20(13-24-6-18-10-28-18)14-30-19(11-22-4-16-8-26-16)12-23-5-17-9-27-17/h15-20H,1-14H2. The van der Waals surface area contributed by atoms with Crippen molar-refractivity contribution < 1.29 is 37.9 Å². The molecule has 4 saturated heterocycles. The highest BCUT2D eigenvalue weighted by Gasteiger charge is 2.26. The second-order valence-electron chi connectivity index (χ2n) is 7.96. The summed E-state index contributed by atoms with van der Waals surface area (Å²) >= 11 is 3.81. The van der Waals surface area contributed by atoms with Gasteiger partial charge < -0.3 is 37.9 Å². The van der Waals surface area contributed by atoms with Gasteiger partial charge in [-0.3, -0.25) is 0 Å². The lowest BCUT2D eigenvalue weighted by Gasteiger charge is -2.21. The number of hydrogen-bond donors (Lipinski definition) is 0. The van der Waals surface area contributed by atoms with Gasteiger partial charge >= 0.3 is 0 Å². The Morgan fingerprint density at radius 2 is 1.03 bits per heavy atom. The molecule has 0 aromatic heterocycles. The van der Waals surface area contributed by atoms with Gasteiger partial charge in [0.2, 0.25) is 0 Å². The van der Waals surface area contributed by atoms with Crippen LogP contribution >= 0.6 is 23.5 Å². The maximum absolute atomic E-state index is 5.88. The fourth-order valence-corrected chi connectivity index (χ4v) is 5.00. The average Bonchev–Trinajstić information content (AvgIpc) is 3.54. The summed E-state index contributed by atoms with van der Waals surface area (Å²) in [4.78, 5) is 0. The Kier molecular flexibility index (Phi) is 10.3. The first-order valence-corrected chi connectivity index (χ1v) is 13.0. The predicted molar refractivity (Wildman–Crippen MR) is 115 cm³/mol. The van der Waals surface area contributed by atoms with E-state index < -0.39 is 0 Å². The van der Waals surface area contributed by atoms with E-state index in [2.05, 4.69) is 0 Å². The van der Waals surface area contributed by atoms with Gasteiger partial charge in [-0.1, -0.05) is 0 Å². The summed E-state index contributed by atoms with van der Waals surface area (Å²) in [6.07, 6.45) is 1.21. The molecule has 0 spiro atoms. The van der Waals surface area contributed by atoms with Crippen LogP contribution in [0.1, 0.15) is 0 Å². The van der Waals surface area contributed by atoms with Crippen LogP contribution in [0, 0.1) is 0 Å². The molecule has 0 amide bonds. The Hall–Kier alpha value is 0.380. The second kappa shape index (κ2) is 13.2. The highest BCUT2D eigenvalue weighted by atomic mass is 32.2. The van der Waals surface area contributed by atoms with Crippen LogP contribution in [0.5, 0.6) is 0 Å². The number of thioether (sulfide) groups is 2. The topological polar surface area (TPSA) is 87.0 Å². The Labute approximate surface area is 187 Å². The first kappa shape index (κ1) is 23.5. The van der Waals surface area contributed by atoms with E-state index in [1.54, 1.807) is 0 Å². The Balaban J connectivity index is 1.13. The molecule has 5 unspecified atom stereocenters. The van der Waals surface area contributed by atoms with Crippen molar-refractivity contribution in [3.05, 3.63) is 0 Å². The SMILES string of the molecule is C(CSC(COCC1CO1)CSC(COCC1CO1)COCC1CO1)OCC1CO1. The lowest BCUT2D eigenvalue weighted by Crippen LogP contribution is -2.25. The molecule has 4 fully saturated rings. The molecule has 0 radical (unpaired) electrons. The van der Waals surface area contributed by atoms with E-state index in [1.165, 1.54) is 0 Å². The van der Waals surface area contributed by atoms with Crippen molar-refractivity contribution in [2.45, 2.75) is 34.9 Å². The molecule has 0 saturated carbocycles. The summed E-state index contributed by atoms with van der Waals surface area (Å²) in [5, 5.41) is 0.691. The lowest BCUT2D eigenvalue weighted by molar-refractivity contribution is 0.0742. The van der Waals surface area contributed by atoms with Crippen molar-refractivity contribution in [3.63, 3.8) is 0 Å². The van der Waals surface area contributed by atoms with Gasteiger partial charge in [0.1, 0.15) is 24.4 Å². The third-order valence-corrected chi connectivity index (χ3v) is 7.56. The van der Waals surface area contributed by atoms with Crippen molar-refractivity contribution in [2.24, 2.45) is 0 Å². The molecule has 0 N–H and O–H groups in total. The van der Waals surface area contributed by atoms with Crippen LogP contribution in [0.4, 0.5) is 0 Å². The zero-order chi connectivity index (χ0) is 20.4. The Morgan fingerprint density at radius 3 is 1.50 bits per heavy atom. The highest BCUT2D eigenvalue weighted by Crippen LogP contribution is 2.23. The van der Waals surface area contributed by atoms with Crippen molar-refractivity contribution in [3.8, 4) is 0 Å². The fraction of sp³-hybridized carbons (Fsp3) is 1.00. The zero-order valence-electron chi connectivity index (χ0n) is 17.4. The first-order valence-electron chi connectivity index (χ1n) is 10.9. The normalized spacial score (nSPS) is 30.8. The maximum Gasteiger partial charge on any atom is 0.104 e. The molecule has 0 aliphatic carbocycles. The summed E-state index contributed by atoms with van der Waals surface area (Å²) in [6.45, 7) is 8.89. The van der Waals surface area contributed by atoms with Crippen LogP contribution < -0.4 is 0 Å². The molecule has 0 aromatic carbocycles. The van der Waals surface area contributed by atoms with Crippen LogP contribution in [0.2, 0.25) is 0 Å². The van der Waals surface area contributed by atoms with Crippen molar-refractivity contribution in [2.75, 3.05) is 90.8 Å². The summed E-state index contributed by atoms with van der Waals surface area (Å²) in [5.41, 5.74) is 0. The van der Waals surface area contributed by atoms with Crippen LogP contribution in [0.15, 0.2) is 0 Å². The number of rotatable bonds is 21. The van der Waals surface area contributed by atoms with Gasteiger partial charge in [-0.05, 0) is 0 Å². The predicted octanol–water partition coefficient (Wildman–Crippen LogP) is 0.852. The van der Waals surface area contributed by atoms with Crippen molar-refractivity contribution in [1.82, 2.24) is 0 Å². The average molecular weight is 467 g/mol. The van der Waals surface area contributed by atoms with Crippen molar-refractivity contribution in [1.29, 1.82) is 0 Å². The van der Waals surface area contributed by atoms with Crippen LogP contribution in [0.3, 0.4) is 0 Å². The Morgan fingerprint density at radius 1 is 0.600 bits per heavy atom. The molecule has 10 heteroatoms. The maximum atomic E-state index is 5.88. The highest BCUT2D eigenvalue weighted by molar-refractivity contribution is 8.03. The molecule has 0 bridgehead atoms. The molecular weight excluding hydrogens is 432 g/mol. The fourth-order valence-electron chi connectivity index (χ4n) is 2.67. The molecule has 4 aliphatic rings. The van der Waals surface area contributed by atoms with Gasteiger partial charge in [-0.25, -0.2) is 0 Å². The quantitative estimate of drug-likeness (QED) is 0.179. The van der Waals surface area contributed by atoms with Crippen LogP contribution in [0.25, 0.3) is 0 Å². The van der Waals surface area contributed by atoms with E-state index in [9.17, 15) is 0 Å². The summed E-state index contributed by atoms with van der Waals surface area (Å²) in [5.74, 6) is 1.94. The van der Waals surface area contributed by atoms with E-state index in [0.29, 0.717) is 74.6 Å². The van der Waals surface area contributed by atoms with Gasteiger partial charge in [0.05, 0.1) is 84.5 Å². The van der Waals surface area contributed by atoms with Gasteiger partial charge in [0, 0.05) is 16.8 Å². The molecule has 5 atom stereocenters. The van der Waals surface area contributed by atoms with Gasteiger partial charge in [0.15, 0.2) is 0 Å². The lowest BCUT2D eigenvalue weighted by atomic mass is 10.4. The summed E-state index contributed by atoms with van der Waals surface area (Å²) in [6, 6.07) is 0. The third-order valence-electron chi connectivity index (χ3n) is 4.83. The van der Waals surface area contributed by atoms with E-state index >= 15 is 0 Å². The zero-order valence-corrected chi connectivity index (χ0v) is 19.1. The van der Waals surface area contributed by atoms with E-state index in [0.717, 1.165) is 51.1 Å². The summed E-state index contributed by atoms with van der Waals surface area (Å²) < 4.78 is 44.1. The minimum absolute atomic E-state index is 0.291. The molecule has 8 nitrogen and oxygen atoms in total. The monoisotopic (exact) mass is 466 g/mol. The molecule has 174 valence electrons. The molecular formula is C20H34O8S2. The van der Waals surface area contributed by atoms with E-state index in [4.69, 9.17) is 37.9 Å². The number of hydrogen-bond acceptors (Lipinski definition) is 10. The minimum atomic E-state index is 0.291. The van der Waals surface area contributed by atoms with Crippen molar-refractivity contribution >= 4 is 23.5 Å². The summed E-state index contributed by atoms with van der Waals surface area (Å²) in [7, 11) is 0. The van der Waals surface area contributed by atoms with Gasteiger partial charge in [0.25, 0.3) is 0 Å². The molecule has 4 aliphatic heterocycles. The number of ether oxygens (including phenoxy) is 8. The van der Waals surface area contributed by atoms with Crippen LogP contribution in [-0.4, -0.2) is 126 Å².